The number of rotatable bonds is 4. The molecule has 2 aliphatic heterocycles. The van der Waals surface area contributed by atoms with Crippen LogP contribution >= 0.6 is 11.6 Å². The molecule has 5 rings (SSSR count). The predicted octanol–water partition coefficient (Wildman–Crippen LogP) is 3.26. The molecule has 35 heavy (non-hydrogen) atoms. The van der Waals surface area contributed by atoms with Crippen molar-refractivity contribution >= 4 is 40.3 Å². The largest absolute Gasteiger partial charge is 0.487 e. The molecule has 1 aromatic heterocycles. The summed E-state index contributed by atoms with van der Waals surface area (Å²) in [5.41, 5.74) is 3.16. The minimum Gasteiger partial charge on any atom is -0.487 e. The smallest absolute Gasteiger partial charge is 0.276 e. The van der Waals surface area contributed by atoms with E-state index in [1.807, 2.05) is 23.4 Å². The van der Waals surface area contributed by atoms with Gasteiger partial charge in [0.1, 0.15) is 17.9 Å². The number of hydrogen-bond donors (Lipinski definition) is 1. The van der Waals surface area contributed by atoms with E-state index in [0.29, 0.717) is 47.2 Å². The van der Waals surface area contributed by atoms with E-state index in [1.54, 1.807) is 24.3 Å². The third kappa shape index (κ3) is 4.26. The van der Waals surface area contributed by atoms with E-state index in [4.69, 9.17) is 16.3 Å². The van der Waals surface area contributed by atoms with Gasteiger partial charge >= 0.3 is 0 Å². The highest BCUT2D eigenvalue weighted by molar-refractivity contribution is 6.33. The van der Waals surface area contributed by atoms with Crippen LogP contribution in [0.4, 0.5) is 10.1 Å². The van der Waals surface area contributed by atoms with Gasteiger partial charge in [-0.25, -0.2) is 9.82 Å². The highest BCUT2D eigenvalue weighted by Crippen LogP contribution is 2.42. The number of benzene rings is 2. The molecule has 1 saturated heterocycles. The van der Waals surface area contributed by atoms with Crippen molar-refractivity contribution < 1.29 is 13.9 Å². The lowest BCUT2D eigenvalue weighted by Crippen LogP contribution is -2.45. The zero-order valence-electron chi connectivity index (χ0n) is 19.4. The normalized spacial score (nSPS) is 18.2. The number of pyridine rings is 1. The van der Waals surface area contributed by atoms with Crippen LogP contribution in [0, 0.1) is 5.82 Å². The van der Waals surface area contributed by atoms with Gasteiger partial charge in [0, 0.05) is 43.0 Å². The fraction of sp³-hybridized carbons (Fsp3) is 0.320. The summed E-state index contributed by atoms with van der Waals surface area (Å²) in [5.74, 6) is -0.874. The van der Waals surface area contributed by atoms with Gasteiger partial charge in [0.05, 0.1) is 23.2 Å². The van der Waals surface area contributed by atoms with Crippen LogP contribution in [0.25, 0.3) is 10.9 Å². The Balaban J connectivity index is 1.55. The molecule has 0 spiro atoms. The summed E-state index contributed by atoms with van der Waals surface area (Å²) >= 11 is 6.10. The van der Waals surface area contributed by atoms with Crippen LogP contribution in [0.1, 0.15) is 28.9 Å². The maximum absolute atomic E-state index is 15.4. The predicted molar refractivity (Wildman–Crippen MR) is 135 cm³/mol. The number of likely N-dealkylation sites (N-methyl/N-ethyl adjacent to an activating group) is 1. The van der Waals surface area contributed by atoms with Crippen molar-refractivity contribution in [2.75, 3.05) is 44.7 Å². The number of hydrogen-bond acceptors (Lipinski definition) is 6. The molecule has 0 saturated carbocycles. The molecular formula is C25H25ClFN5O3. The Morgan fingerprint density at radius 3 is 2.74 bits per heavy atom. The molecule has 0 aliphatic carbocycles. The molecule has 0 bridgehead atoms. The third-order valence-electron chi connectivity index (χ3n) is 6.48. The number of nitrogens with zero attached hydrogens (tertiary/aromatic N) is 4. The van der Waals surface area contributed by atoms with E-state index < -0.39 is 17.2 Å². The molecule has 8 nitrogen and oxygen atoms in total. The zero-order chi connectivity index (χ0) is 24.7. The Morgan fingerprint density at radius 2 is 2.00 bits per heavy atom. The second-order valence-corrected chi connectivity index (χ2v) is 9.29. The second kappa shape index (κ2) is 9.31. The monoisotopic (exact) mass is 497 g/mol. The molecule has 3 aromatic rings. The fourth-order valence-corrected chi connectivity index (χ4v) is 4.68. The first-order valence-corrected chi connectivity index (χ1v) is 11.8. The summed E-state index contributed by atoms with van der Waals surface area (Å²) in [6, 6.07) is 8.09. The lowest BCUT2D eigenvalue weighted by Gasteiger charge is -2.37. The van der Waals surface area contributed by atoms with Gasteiger partial charge in [0.25, 0.3) is 5.91 Å². The van der Waals surface area contributed by atoms with Gasteiger partial charge in [-0.05, 0) is 26.1 Å². The number of aromatic nitrogens is 1. The first-order chi connectivity index (χ1) is 16.8. The number of nitrogens with one attached hydrogen (secondary N) is 1. The standard InChI is InChI=1S/C25H25ClFN5O3/c1-15-14-35-24-21-17(11-20(27)22(24)31-9-7-30(2)8-10-31)23(33)18(13-32(15)21)25(34)29-28-12-16-5-3-4-6-19(16)26/h3-6,11-13,15H,7-10,14H2,1-2H3,(H,29,34)/b28-12+. The average molecular weight is 498 g/mol. The molecule has 1 atom stereocenters. The average Bonchev–Trinajstić information content (AvgIpc) is 2.84. The van der Waals surface area contributed by atoms with Crippen LogP contribution in [0.15, 0.2) is 46.4 Å². The molecule has 182 valence electrons. The van der Waals surface area contributed by atoms with E-state index in [-0.39, 0.29) is 17.0 Å². The van der Waals surface area contributed by atoms with Crippen molar-refractivity contribution in [2.45, 2.75) is 13.0 Å². The van der Waals surface area contributed by atoms with Gasteiger partial charge < -0.3 is 19.1 Å². The highest BCUT2D eigenvalue weighted by atomic mass is 35.5. The van der Waals surface area contributed by atoms with E-state index in [2.05, 4.69) is 15.4 Å². The Kier molecular flexibility index (Phi) is 6.21. The van der Waals surface area contributed by atoms with Crippen LogP contribution in [0.3, 0.4) is 0 Å². The van der Waals surface area contributed by atoms with Crippen LogP contribution in [0.5, 0.6) is 5.75 Å². The van der Waals surface area contributed by atoms with Crippen LogP contribution in [0.2, 0.25) is 5.02 Å². The SMILES string of the molecule is CC1COc2c(N3CCN(C)CC3)c(F)cc3c(=O)c(C(=O)N/N=C/c4ccccc4Cl)cn1c23. The van der Waals surface area contributed by atoms with Crippen molar-refractivity contribution in [3.63, 3.8) is 0 Å². The van der Waals surface area contributed by atoms with Crippen LogP contribution in [-0.4, -0.2) is 61.4 Å². The minimum absolute atomic E-state index is 0.102. The van der Waals surface area contributed by atoms with E-state index in [0.717, 1.165) is 13.1 Å². The van der Waals surface area contributed by atoms with Gasteiger partial charge in [-0.3, -0.25) is 9.59 Å². The molecule has 2 aromatic carbocycles. The third-order valence-corrected chi connectivity index (χ3v) is 6.83. The Hall–Kier alpha value is -3.43. The van der Waals surface area contributed by atoms with Crippen LogP contribution in [-0.2, 0) is 0 Å². The fourth-order valence-electron chi connectivity index (χ4n) is 4.50. The number of ether oxygens (including phenoxy) is 1. The number of hydrazone groups is 1. The molecule has 1 amide bonds. The van der Waals surface area contributed by atoms with Gasteiger partial charge in [-0.1, -0.05) is 29.8 Å². The van der Waals surface area contributed by atoms with Gasteiger partial charge in [-0.2, -0.15) is 5.10 Å². The molecule has 3 heterocycles. The molecule has 2 aliphatic rings. The summed E-state index contributed by atoms with van der Waals surface area (Å²) in [6.45, 7) is 5.11. The lowest BCUT2D eigenvalue weighted by molar-refractivity contribution is 0.0953. The quantitative estimate of drug-likeness (QED) is 0.442. The summed E-state index contributed by atoms with van der Waals surface area (Å²) < 4.78 is 23.2. The van der Waals surface area contributed by atoms with Gasteiger partial charge in [0.15, 0.2) is 11.6 Å². The second-order valence-electron chi connectivity index (χ2n) is 8.88. The summed E-state index contributed by atoms with van der Waals surface area (Å²) in [5, 5.41) is 4.52. The van der Waals surface area contributed by atoms with Crippen molar-refractivity contribution in [2.24, 2.45) is 5.10 Å². The van der Waals surface area contributed by atoms with Crippen molar-refractivity contribution in [3.05, 3.63) is 68.7 Å². The van der Waals surface area contributed by atoms with Crippen LogP contribution < -0.4 is 20.5 Å². The van der Waals surface area contributed by atoms with Gasteiger partial charge in [-0.15, -0.1) is 0 Å². The molecule has 10 heteroatoms. The first-order valence-electron chi connectivity index (χ1n) is 11.4. The van der Waals surface area contributed by atoms with Crippen molar-refractivity contribution in [1.82, 2.24) is 14.9 Å². The number of amides is 1. The topological polar surface area (TPSA) is 79.2 Å². The first kappa shape index (κ1) is 23.3. The highest BCUT2D eigenvalue weighted by Gasteiger charge is 2.31. The Morgan fingerprint density at radius 1 is 1.26 bits per heavy atom. The number of anilines is 1. The Bertz CT molecular complexity index is 1400. The van der Waals surface area contributed by atoms with E-state index in [9.17, 15) is 9.59 Å². The Labute approximate surface area is 206 Å². The summed E-state index contributed by atoms with van der Waals surface area (Å²) in [6.07, 6.45) is 2.91. The van der Waals surface area contributed by atoms with Crippen molar-refractivity contribution in [1.29, 1.82) is 0 Å². The molecule has 1 fully saturated rings. The molecule has 0 radical (unpaired) electrons. The van der Waals surface area contributed by atoms with Gasteiger partial charge in [0.2, 0.25) is 5.43 Å². The molecular weight excluding hydrogens is 473 g/mol. The number of carbonyl (C=O) groups is 1. The lowest BCUT2D eigenvalue weighted by atomic mass is 10.0. The van der Waals surface area contributed by atoms with E-state index in [1.165, 1.54) is 18.5 Å². The molecule has 1 unspecified atom stereocenters. The molecule has 1 N–H and O–H groups in total. The zero-order valence-corrected chi connectivity index (χ0v) is 20.2. The number of carbonyl (C=O) groups excluding carboxylic acids is 1. The number of halogens is 2. The maximum Gasteiger partial charge on any atom is 0.276 e. The maximum atomic E-state index is 15.4. The number of piperazine rings is 1. The van der Waals surface area contributed by atoms with Crippen molar-refractivity contribution in [3.8, 4) is 5.75 Å². The summed E-state index contributed by atoms with van der Waals surface area (Å²) in [4.78, 5) is 30.3. The minimum atomic E-state index is -0.687. The van der Waals surface area contributed by atoms with E-state index >= 15 is 4.39 Å². The summed E-state index contributed by atoms with van der Waals surface area (Å²) in [7, 11) is 2.03.